The first-order valence-corrected chi connectivity index (χ1v) is 22.3. The van der Waals surface area contributed by atoms with Crippen LogP contribution in [-0.4, -0.2) is 89.0 Å². The first-order chi connectivity index (χ1) is 26.3. The van der Waals surface area contributed by atoms with Crippen molar-refractivity contribution in [1.82, 2.24) is 0 Å². The molecule has 0 aromatic rings. The van der Waals surface area contributed by atoms with Gasteiger partial charge in [0.1, 0.15) is 31.0 Å². The Hall–Kier alpha value is -1.56. The average molecular weight is 771 g/mol. The Morgan fingerprint density at radius 2 is 0.981 bits per heavy atom. The summed E-state index contributed by atoms with van der Waals surface area (Å²) in [6.07, 6.45) is 29.3. The fraction of sp³-hybridized carbons (Fsp3) is 0.909. The monoisotopic (exact) mass is 771 g/mol. The maximum Gasteiger partial charge on any atom is 0.306 e. The lowest BCUT2D eigenvalue weighted by atomic mass is 9.99. The molecule has 0 radical (unpaired) electrons. The van der Waals surface area contributed by atoms with Gasteiger partial charge in [0.15, 0.2) is 12.4 Å². The number of hydrogen-bond donors (Lipinski definition) is 4. The van der Waals surface area contributed by atoms with E-state index in [1.807, 2.05) is 0 Å². The van der Waals surface area contributed by atoms with Gasteiger partial charge in [-0.25, -0.2) is 0 Å². The Kier molecular flexibility index (Phi) is 33.5. The average Bonchev–Trinajstić information content (AvgIpc) is 3.17. The first-order valence-electron chi connectivity index (χ1n) is 22.3. The number of allylic oxidation sites excluding steroid dienone is 2. The molecule has 4 N–H and O–H groups in total. The van der Waals surface area contributed by atoms with Gasteiger partial charge in [0.25, 0.3) is 0 Å². The molecule has 10 nitrogen and oxygen atoms in total. The van der Waals surface area contributed by atoms with Crippen LogP contribution in [-0.2, 0) is 28.5 Å². The topological polar surface area (TPSA) is 152 Å². The molecule has 2 unspecified atom stereocenters. The second kappa shape index (κ2) is 35.8. The lowest BCUT2D eigenvalue weighted by Crippen LogP contribution is -2.59. The van der Waals surface area contributed by atoms with Crippen LogP contribution in [0.5, 0.6) is 0 Å². The van der Waals surface area contributed by atoms with Crippen LogP contribution >= 0.6 is 0 Å². The zero-order valence-corrected chi connectivity index (χ0v) is 34.5. The largest absolute Gasteiger partial charge is 0.462 e. The summed E-state index contributed by atoms with van der Waals surface area (Å²) in [6.45, 7) is 3.42. The van der Waals surface area contributed by atoms with Gasteiger partial charge in [0, 0.05) is 12.8 Å². The van der Waals surface area contributed by atoms with Gasteiger partial charge in [0.2, 0.25) is 0 Å². The summed E-state index contributed by atoms with van der Waals surface area (Å²) in [5, 5.41) is 40.0. The molecule has 54 heavy (non-hydrogen) atoms. The minimum Gasteiger partial charge on any atom is -0.462 e. The Morgan fingerprint density at radius 1 is 0.556 bits per heavy atom. The van der Waals surface area contributed by atoms with Crippen molar-refractivity contribution in [3.63, 3.8) is 0 Å². The third-order valence-electron chi connectivity index (χ3n) is 10.4. The smallest absolute Gasteiger partial charge is 0.306 e. The molecule has 1 fully saturated rings. The Balaban J connectivity index is 2.33. The zero-order chi connectivity index (χ0) is 39.5. The molecule has 1 rings (SSSR count). The van der Waals surface area contributed by atoms with Crippen LogP contribution in [0.3, 0.4) is 0 Å². The second-order valence-electron chi connectivity index (χ2n) is 15.5. The predicted octanol–water partition coefficient (Wildman–Crippen LogP) is 9.17. The lowest BCUT2D eigenvalue weighted by molar-refractivity contribution is -0.305. The molecule has 1 aliphatic rings. The van der Waals surface area contributed by atoms with E-state index in [9.17, 15) is 30.0 Å². The molecule has 1 aliphatic heterocycles. The van der Waals surface area contributed by atoms with Crippen LogP contribution in [0, 0.1) is 0 Å². The number of carbonyl (C=O) groups is 2. The molecular formula is C44H82O10. The minimum atomic E-state index is -1.59. The molecular weight excluding hydrogens is 688 g/mol. The highest BCUT2D eigenvalue weighted by Gasteiger charge is 2.44. The first kappa shape index (κ1) is 50.5. The van der Waals surface area contributed by atoms with E-state index in [2.05, 4.69) is 26.0 Å². The highest BCUT2D eigenvalue weighted by atomic mass is 16.7. The van der Waals surface area contributed by atoms with Crippen LogP contribution in [0.2, 0.25) is 0 Å². The fourth-order valence-electron chi connectivity index (χ4n) is 6.83. The van der Waals surface area contributed by atoms with Crippen LogP contribution in [0.4, 0.5) is 0 Å². The van der Waals surface area contributed by atoms with E-state index in [0.29, 0.717) is 6.42 Å². The summed E-state index contributed by atoms with van der Waals surface area (Å²) in [5.41, 5.74) is 0. The van der Waals surface area contributed by atoms with Crippen LogP contribution in [0.1, 0.15) is 200 Å². The van der Waals surface area contributed by atoms with E-state index < -0.39 is 49.4 Å². The fourth-order valence-corrected chi connectivity index (χ4v) is 6.83. The summed E-state index contributed by atoms with van der Waals surface area (Å²) in [7, 11) is 0. The Morgan fingerprint density at radius 3 is 1.46 bits per heavy atom. The number of carbonyl (C=O) groups excluding carboxylic acids is 2. The summed E-state index contributed by atoms with van der Waals surface area (Å²) in [6, 6.07) is 0. The Labute approximate surface area is 329 Å². The predicted molar refractivity (Wildman–Crippen MR) is 215 cm³/mol. The molecule has 1 heterocycles. The maximum atomic E-state index is 12.7. The van der Waals surface area contributed by atoms with Gasteiger partial charge in [0.05, 0.1) is 13.2 Å². The van der Waals surface area contributed by atoms with E-state index >= 15 is 0 Å². The number of ether oxygens (including phenoxy) is 4. The number of rotatable bonds is 37. The van der Waals surface area contributed by atoms with Crippen molar-refractivity contribution in [2.24, 2.45) is 0 Å². The number of aliphatic hydroxyl groups excluding tert-OH is 4. The molecule has 1 saturated heterocycles. The molecule has 0 amide bonds. The molecule has 0 aromatic heterocycles. The molecule has 0 spiro atoms. The van der Waals surface area contributed by atoms with Crippen LogP contribution < -0.4 is 0 Å². The van der Waals surface area contributed by atoms with Crippen molar-refractivity contribution in [2.75, 3.05) is 19.8 Å². The van der Waals surface area contributed by atoms with Gasteiger partial charge >= 0.3 is 11.9 Å². The van der Waals surface area contributed by atoms with Gasteiger partial charge in [-0.2, -0.15) is 0 Å². The van der Waals surface area contributed by atoms with E-state index in [1.165, 1.54) is 122 Å². The van der Waals surface area contributed by atoms with E-state index in [-0.39, 0.29) is 32.0 Å². The third kappa shape index (κ3) is 27.1. The van der Waals surface area contributed by atoms with Crippen molar-refractivity contribution in [3.05, 3.63) is 12.2 Å². The summed E-state index contributed by atoms with van der Waals surface area (Å²) in [4.78, 5) is 25.3. The summed E-state index contributed by atoms with van der Waals surface area (Å²) >= 11 is 0. The molecule has 0 bridgehead atoms. The van der Waals surface area contributed by atoms with Crippen LogP contribution in [0.15, 0.2) is 12.2 Å². The zero-order valence-electron chi connectivity index (χ0n) is 34.5. The number of esters is 2. The van der Waals surface area contributed by atoms with Gasteiger partial charge in [-0.05, 0) is 38.5 Å². The van der Waals surface area contributed by atoms with Crippen molar-refractivity contribution in [3.8, 4) is 0 Å². The van der Waals surface area contributed by atoms with Crippen molar-refractivity contribution in [1.29, 1.82) is 0 Å². The van der Waals surface area contributed by atoms with Crippen LogP contribution in [0.25, 0.3) is 0 Å². The number of unbranched alkanes of at least 4 members (excludes halogenated alkanes) is 24. The SMILES string of the molecule is CCCCCC/C=C/CCCCCCCCCC(=O)O[C@@H](COC(=O)CCCCCCCCCCCCCCCC)CO[C@H]1O[C@@H](CO)[C@@H](O)C(O)C1O. The lowest BCUT2D eigenvalue weighted by Gasteiger charge is -2.39. The molecule has 0 saturated carbocycles. The minimum absolute atomic E-state index is 0.214. The third-order valence-corrected chi connectivity index (χ3v) is 10.4. The van der Waals surface area contributed by atoms with Crippen molar-refractivity contribution < 1.29 is 49.0 Å². The van der Waals surface area contributed by atoms with E-state index in [0.717, 1.165) is 44.9 Å². The van der Waals surface area contributed by atoms with Gasteiger partial charge in [-0.1, -0.05) is 161 Å². The number of aliphatic hydroxyl groups is 4. The summed E-state index contributed by atoms with van der Waals surface area (Å²) < 4.78 is 22.1. The highest BCUT2D eigenvalue weighted by Crippen LogP contribution is 2.23. The molecule has 10 heteroatoms. The van der Waals surface area contributed by atoms with Gasteiger partial charge < -0.3 is 39.4 Å². The maximum absolute atomic E-state index is 12.7. The van der Waals surface area contributed by atoms with Gasteiger partial charge in [-0.15, -0.1) is 0 Å². The normalized spacial score (nSPS) is 20.7. The Bertz CT molecular complexity index is 897. The summed E-state index contributed by atoms with van der Waals surface area (Å²) in [5.74, 6) is -0.803. The van der Waals surface area contributed by atoms with E-state index in [4.69, 9.17) is 18.9 Å². The molecule has 0 aromatic carbocycles. The van der Waals surface area contributed by atoms with Gasteiger partial charge in [-0.3, -0.25) is 9.59 Å². The quantitative estimate of drug-likeness (QED) is 0.0273. The standard InChI is InChI=1S/C44H82O10/c1-3-5-7-9-11-13-15-17-19-21-23-25-27-29-31-33-40(47)53-37(36-52-44-43(50)42(49)41(48)38(34-45)54-44)35-51-39(46)32-30-28-26-24-22-20-18-16-14-12-10-8-6-4-2/h13,15,37-38,41-45,48-50H,3-12,14,16-36H2,1-2H3/b15-13+/t37-,38-,41+,42?,43?,44-/m0/s1. The van der Waals surface area contributed by atoms with Crippen molar-refractivity contribution >= 4 is 11.9 Å². The molecule has 0 aliphatic carbocycles. The van der Waals surface area contributed by atoms with Crippen molar-refractivity contribution in [2.45, 2.75) is 237 Å². The molecule has 318 valence electrons. The second-order valence-corrected chi connectivity index (χ2v) is 15.5. The van der Waals surface area contributed by atoms with E-state index in [1.54, 1.807) is 0 Å². The molecule has 6 atom stereocenters. The highest BCUT2D eigenvalue weighted by molar-refractivity contribution is 5.70. The number of hydrogen-bond acceptors (Lipinski definition) is 10.